The van der Waals surface area contributed by atoms with E-state index >= 15 is 0 Å². The number of anilines is 4. The van der Waals surface area contributed by atoms with Crippen LogP contribution in [0.15, 0.2) is 59.6 Å². The minimum absolute atomic E-state index is 0.288. The summed E-state index contributed by atoms with van der Waals surface area (Å²) in [5.41, 5.74) is 3.02. The molecule has 3 aromatic rings. The van der Waals surface area contributed by atoms with Crippen molar-refractivity contribution in [1.29, 1.82) is 0 Å². The number of phenols is 1. The van der Waals surface area contributed by atoms with Gasteiger partial charge < -0.3 is 15.3 Å². The molecule has 7 nitrogen and oxygen atoms in total. The number of hydrogen-bond acceptors (Lipinski definition) is 6. The van der Waals surface area contributed by atoms with Gasteiger partial charge in [0.1, 0.15) is 22.6 Å². The van der Waals surface area contributed by atoms with Gasteiger partial charge in [0.25, 0.3) is 0 Å². The maximum atomic E-state index is 12.4. The maximum absolute atomic E-state index is 12.4. The van der Waals surface area contributed by atoms with Crippen LogP contribution in [-0.2, 0) is 17.4 Å². The normalized spacial score (nSPS) is 14.1. The van der Waals surface area contributed by atoms with Gasteiger partial charge in [0.2, 0.25) is 5.95 Å². The summed E-state index contributed by atoms with van der Waals surface area (Å²) in [7, 11) is -1.21. The van der Waals surface area contributed by atoms with Gasteiger partial charge in [-0.1, -0.05) is 19.8 Å². The summed E-state index contributed by atoms with van der Waals surface area (Å²) in [6, 6.07) is 14.8. The third-order valence-corrected chi connectivity index (χ3v) is 6.60. The highest BCUT2D eigenvalue weighted by molar-refractivity contribution is 7.83. The van der Waals surface area contributed by atoms with Crippen LogP contribution in [0.4, 0.5) is 23.1 Å². The van der Waals surface area contributed by atoms with E-state index < -0.39 is 11.0 Å². The van der Waals surface area contributed by atoms with Crippen molar-refractivity contribution < 1.29 is 9.32 Å². The smallest absolute Gasteiger partial charge is 0.229 e. The Morgan fingerprint density at radius 2 is 1.97 bits per heavy atom. The fraction of sp³-hybridized carbons (Fsp3) is 0.333. The summed E-state index contributed by atoms with van der Waals surface area (Å²) in [6.07, 6.45) is 6.98. The van der Waals surface area contributed by atoms with Gasteiger partial charge in [0, 0.05) is 30.7 Å². The molecule has 0 bridgehead atoms. The molecule has 32 heavy (non-hydrogen) atoms. The number of nitrogens with one attached hydrogen (secondary N) is 2. The highest BCUT2D eigenvalue weighted by Gasteiger charge is 2.20. The highest BCUT2D eigenvalue weighted by Crippen LogP contribution is 2.34. The molecule has 1 unspecified atom stereocenters. The monoisotopic (exact) mass is 451 g/mol. The van der Waals surface area contributed by atoms with Crippen LogP contribution in [0.1, 0.15) is 38.2 Å². The molecule has 168 valence electrons. The highest BCUT2D eigenvalue weighted by atomic mass is 32.2. The SMILES string of the molecule is CCCCCNS(=O)c1ccc(Nc2nccc(N3CCCc4cc(O)ccc43)n2)cc1. The van der Waals surface area contributed by atoms with Gasteiger partial charge in [-0.15, -0.1) is 0 Å². The van der Waals surface area contributed by atoms with Crippen molar-refractivity contribution in [2.45, 2.75) is 43.9 Å². The quantitative estimate of drug-likeness (QED) is 0.405. The average molecular weight is 452 g/mol. The van der Waals surface area contributed by atoms with Crippen LogP contribution in [0.5, 0.6) is 5.75 Å². The van der Waals surface area contributed by atoms with Crippen LogP contribution in [-0.4, -0.2) is 32.4 Å². The fourth-order valence-electron chi connectivity index (χ4n) is 3.80. The third kappa shape index (κ3) is 5.44. The van der Waals surface area contributed by atoms with Gasteiger partial charge in [-0.3, -0.25) is 0 Å². The van der Waals surface area contributed by atoms with Gasteiger partial charge in [0.15, 0.2) is 0 Å². The van der Waals surface area contributed by atoms with Crippen molar-refractivity contribution in [3.63, 3.8) is 0 Å². The minimum Gasteiger partial charge on any atom is -0.508 e. The van der Waals surface area contributed by atoms with Crippen molar-refractivity contribution in [3.05, 3.63) is 60.3 Å². The molecule has 0 amide bonds. The van der Waals surface area contributed by atoms with Crippen LogP contribution in [0, 0.1) is 0 Å². The van der Waals surface area contributed by atoms with Crippen molar-refractivity contribution in [2.24, 2.45) is 0 Å². The van der Waals surface area contributed by atoms with Crippen LogP contribution in [0.2, 0.25) is 0 Å². The van der Waals surface area contributed by atoms with E-state index in [9.17, 15) is 9.32 Å². The maximum Gasteiger partial charge on any atom is 0.229 e. The van der Waals surface area contributed by atoms with Gasteiger partial charge in [-0.25, -0.2) is 13.9 Å². The number of aromatic nitrogens is 2. The van der Waals surface area contributed by atoms with Crippen LogP contribution >= 0.6 is 0 Å². The Bertz CT molecular complexity index is 1070. The zero-order valence-electron chi connectivity index (χ0n) is 18.3. The molecule has 0 radical (unpaired) electrons. The number of phenolic OH excluding ortho intramolecular Hbond substituents is 1. The molecule has 0 saturated carbocycles. The Morgan fingerprint density at radius 1 is 1.12 bits per heavy atom. The first-order valence-corrected chi connectivity index (χ1v) is 12.2. The zero-order valence-corrected chi connectivity index (χ0v) is 19.1. The molecule has 0 aliphatic carbocycles. The van der Waals surface area contributed by atoms with Crippen molar-refractivity contribution in [2.75, 3.05) is 23.3 Å². The lowest BCUT2D eigenvalue weighted by molar-refractivity contribution is 0.474. The van der Waals surface area contributed by atoms with Crippen molar-refractivity contribution >= 4 is 34.1 Å². The second-order valence-electron chi connectivity index (χ2n) is 7.83. The van der Waals surface area contributed by atoms with Crippen LogP contribution in [0.3, 0.4) is 0 Å². The summed E-state index contributed by atoms with van der Waals surface area (Å²) >= 11 is 0. The van der Waals surface area contributed by atoms with E-state index in [2.05, 4.69) is 26.8 Å². The molecular formula is C24H29N5O2S. The molecule has 2 heterocycles. The van der Waals surface area contributed by atoms with Crippen molar-refractivity contribution in [3.8, 4) is 5.75 Å². The number of fused-ring (bicyclic) bond motifs is 1. The molecule has 2 aromatic carbocycles. The van der Waals surface area contributed by atoms with E-state index in [1.54, 1.807) is 12.3 Å². The van der Waals surface area contributed by atoms with Gasteiger partial charge in [-0.2, -0.15) is 4.98 Å². The first kappa shape index (κ1) is 22.2. The third-order valence-electron chi connectivity index (χ3n) is 5.44. The summed E-state index contributed by atoms with van der Waals surface area (Å²) in [6.45, 7) is 3.76. The predicted molar refractivity (Wildman–Crippen MR) is 129 cm³/mol. The Morgan fingerprint density at radius 3 is 2.78 bits per heavy atom. The van der Waals surface area contributed by atoms with E-state index in [0.717, 1.165) is 72.8 Å². The number of benzene rings is 2. The number of hydrogen-bond donors (Lipinski definition) is 3. The first-order chi connectivity index (χ1) is 15.6. The number of aryl methyl sites for hydroxylation is 1. The van der Waals surface area contributed by atoms with E-state index in [1.165, 1.54) is 0 Å². The second-order valence-corrected chi connectivity index (χ2v) is 9.12. The van der Waals surface area contributed by atoms with E-state index in [0.29, 0.717) is 5.95 Å². The molecule has 0 fully saturated rings. The van der Waals surface area contributed by atoms with Gasteiger partial charge >= 0.3 is 0 Å². The fourth-order valence-corrected chi connectivity index (χ4v) is 4.68. The lowest BCUT2D eigenvalue weighted by Gasteiger charge is -2.30. The number of aromatic hydroxyl groups is 1. The zero-order chi connectivity index (χ0) is 22.3. The molecule has 1 atom stereocenters. The molecule has 3 N–H and O–H groups in total. The Hall–Kier alpha value is -2.97. The van der Waals surface area contributed by atoms with E-state index in [1.807, 2.05) is 42.5 Å². The second kappa shape index (κ2) is 10.6. The Labute approximate surface area is 191 Å². The lowest BCUT2D eigenvalue weighted by Crippen LogP contribution is -2.25. The predicted octanol–water partition coefficient (Wildman–Crippen LogP) is 4.81. The molecular weight excluding hydrogens is 422 g/mol. The Kier molecular flexibility index (Phi) is 7.34. The summed E-state index contributed by atoms with van der Waals surface area (Å²) < 4.78 is 15.4. The average Bonchev–Trinajstić information content (AvgIpc) is 2.82. The minimum atomic E-state index is -1.21. The van der Waals surface area contributed by atoms with Crippen LogP contribution < -0.4 is 14.9 Å². The number of rotatable bonds is 9. The van der Waals surface area contributed by atoms with E-state index in [-0.39, 0.29) is 5.75 Å². The summed E-state index contributed by atoms with van der Waals surface area (Å²) in [4.78, 5) is 12.0. The Balaban J connectivity index is 1.43. The molecule has 0 saturated heterocycles. The lowest BCUT2D eigenvalue weighted by atomic mass is 10.0. The van der Waals surface area contributed by atoms with Crippen LogP contribution in [0.25, 0.3) is 0 Å². The standard InChI is InChI=1S/C24H29N5O2S/c1-2-3-4-14-26-32(31)21-10-7-19(8-11-21)27-24-25-15-13-23(28-24)29-16-5-6-18-17-20(30)9-12-22(18)29/h7-13,15,17,26,30H,2-6,14,16H2,1H3,(H,25,27,28). The summed E-state index contributed by atoms with van der Waals surface area (Å²) in [5.74, 6) is 1.60. The van der Waals surface area contributed by atoms with Gasteiger partial charge in [-0.05, 0) is 73.4 Å². The number of nitrogens with zero attached hydrogens (tertiary/aromatic N) is 3. The molecule has 1 aliphatic heterocycles. The molecule has 8 heteroatoms. The molecule has 0 spiro atoms. The van der Waals surface area contributed by atoms with Crippen molar-refractivity contribution in [1.82, 2.24) is 14.7 Å². The van der Waals surface area contributed by atoms with Gasteiger partial charge in [0.05, 0.1) is 4.90 Å². The molecule has 1 aromatic heterocycles. The topological polar surface area (TPSA) is 90.4 Å². The molecule has 1 aliphatic rings. The number of unbranched alkanes of at least 4 members (excludes halogenated alkanes) is 2. The summed E-state index contributed by atoms with van der Waals surface area (Å²) in [5, 5.41) is 13.0. The first-order valence-electron chi connectivity index (χ1n) is 11.1. The largest absolute Gasteiger partial charge is 0.508 e. The molecule has 4 rings (SSSR count). The van der Waals surface area contributed by atoms with E-state index in [4.69, 9.17) is 4.98 Å².